The van der Waals surface area contributed by atoms with E-state index in [9.17, 15) is 9.18 Å². The van der Waals surface area contributed by atoms with Gasteiger partial charge in [-0.25, -0.2) is 4.39 Å². The van der Waals surface area contributed by atoms with Crippen LogP contribution in [0.2, 0.25) is 0 Å². The Hall–Kier alpha value is -1.46. The molecule has 104 valence electrons. The van der Waals surface area contributed by atoms with Crippen molar-refractivity contribution in [2.75, 3.05) is 19.7 Å². The molecule has 1 saturated heterocycles. The largest absolute Gasteiger partial charge is 0.373 e. The number of rotatable bonds is 2. The quantitative estimate of drug-likeness (QED) is 0.878. The van der Waals surface area contributed by atoms with Gasteiger partial charge in [0.1, 0.15) is 5.82 Å². The van der Waals surface area contributed by atoms with Gasteiger partial charge in [-0.15, -0.1) is 0 Å². The van der Waals surface area contributed by atoms with Crippen LogP contribution in [-0.2, 0) is 4.74 Å². The van der Waals surface area contributed by atoms with E-state index in [0.29, 0.717) is 19.7 Å². The first-order chi connectivity index (χ1) is 8.99. The van der Waals surface area contributed by atoms with Crippen LogP contribution in [0.5, 0.6) is 0 Å². The molecule has 2 N–H and O–H groups in total. The van der Waals surface area contributed by atoms with Gasteiger partial charge in [0.15, 0.2) is 0 Å². The summed E-state index contributed by atoms with van der Waals surface area (Å²) in [6, 6.07) is 4.48. The zero-order chi connectivity index (χ0) is 14.0. The molecule has 0 bridgehead atoms. The maximum absolute atomic E-state index is 13.8. The first-order valence-corrected chi connectivity index (χ1v) is 6.41. The lowest BCUT2D eigenvalue weighted by Crippen LogP contribution is -2.51. The van der Waals surface area contributed by atoms with Crippen molar-refractivity contribution < 1.29 is 13.9 Å². The molecule has 1 amide bonds. The predicted octanol–water partition coefficient (Wildman–Crippen LogP) is 1.32. The van der Waals surface area contributed by atoms with E-state index < -0.39 is 5.82 Å². The fraction of sp³-hybridized carbons (Fsp3) is 0.500. The summed E-state index contributed by atoms with van der Waals surface area (Å²) in [4.78, 5) is 13.9. The molecule has 19 heavy (non-hydrogen) atoms. The highest BCUT2D eigenvalue weighted by Crippen LogP contribution is 2.16. The number of amides is 1. The number of nitrogens with two attached hydrogens (primary N) is 1. The van der Waals surface area contributed by atoms with Gasteiger partial charge in [-0.2, -0.15) is 0 Å². The van der Waals surface area contributed by atoms with Gasteiger partial charge in [-0.05, 0) is 31.5 Å². The van der Waals surface area contributed by atoms with Gasteiger partial charge in [-0.3, -0.25) is 4.79 Å². The summed E-state index contributed by atoms with van der Waals surface area (Å²) in [6.45, 7) is 4.94. The molecule has 0 spiro atoms. The Morgan fingerprint density at radius 2 is 2.32 bits per heavy atom. The number of hydrogen-bond acceptors (Lipinski definition) is 3. The number of benzene rings is 1. The lowest BCUT2D eigenvalue weighted by atomic mass is 10.1. The molecule has 1 heterocycles. The highest BCUT2D eigenvalue weighted by atomic mass is 19.1. The molecule has 1 aliphatic heterocycles. The topological polar surface area (TPSA) is 55.6 Å². The van der Waals surface area contributed by atoms with Crippen molar-refractivity contribution >= 4 is 5.91 Å². The minimum atomic E-state index is -0.478. The summed E-state index contributed by atoms with van der Waals surface area (Å²) in [5.41, 5.74) is 6.68. The molecule has 1 aromatic rings. The first-order valence-electron chi connectivity index (χ1n) is 6.41. The maximum Gasteiger partial charge on any atom is 0.256 e. The normalized spacial score (nSPS) is 21.3. The second-order valence-corrected chi connectivity index (χ2v) is 5.00. The molecule has 2 rings (SSSR count). The molecule has 0 unspecified atom stereocenters. The molecule has 4 nitrogen and oxygen atoms in total. The van der Waals surface area contributed by atoms with Crippen molar-refractivity contribution in [1.29, 1.82) is 0 Å². The molecule has 0 aromatic heterocycles. The van der Waals surface area contributed by atoms with Crippen LogP contribution in [-0.4, -0.2) is 42.6 Å². The number of nitrogens with zero attached hydrogens (tertiary/aromatic N) is 1. The molecule has 1 fully saturated rings. The van der Waals surface area contributed by atoms with Gasteiger partial charge in [-0.1, -0.05) is 6.07 Å². The van der Waals surface area contributed by atoms with Crippen LogP contribution in [0.15, 0.2) is 18.2 Å². The van der Waals surface area contributed by atoms with Gasteiger partial charge in [0, 0.05) is 19.1 Å². The van der Waals surface area contributed by atoms with E-state index in [0.717, 1.165) is 5.56 Å². The average Bonchev–Trinajstić information content (AvgIpc) is 2.38. The number of carbonyl (C=O) groups is 1. The third-order valence-corrected chi connectivity index (χ3v) is 3.32. The van der Waals surface area contributed by atoms with Crippen molar-refractivity contribution in [2.45, 2.75) is 26.0 Å². The second-order valence-electron chi connectivity index (χ2n) is 5.00. The molecule has 0 saturated carbocycles. The third kappa shape index (κ3) is 3.11. The van der Waals surface area contributed by atoms with E-state index in [1.807, 2.05) is 6.92 Å². The van der Waals surface area contributed by atoms with Crippen molar-refractivity contribution in [3.05, 3.63) is 35.1 Å². The van der Waals surface area contributed by atoms with E-state index >= 15 is 0 Å². The van der Waals surface area contributed by atoms with Gasteiger partial charge >= 0.3 is 0 Å². The van der Waals surface area contributed by atoms with Crippen LogP contribution in [0.1, 0.15) is 22.8 Å². The summed E-state index contributed by atoms with van der Waals surface area (Å²) in [5, 5.41) is 0. The third-order valence-electron chi connectivity index (χ3n) is 3.32. The van der Waals surface area contributed by atoms with Gasteiger partial charge in [0.2, 0.25) is 0 Å². The molecular formula is C14H19FN2O2. The smallest absolute Gasteiger partial charge is 0.256 e. The van der Waals surface area contributed by atoms with Gasteiger partial charge in [0.25, 0.3) is 5.91 Å². The lowest BCUT2D eigenvalue weighted by molar-refractivity contribution is -0.0301. The minimum absolute atomic E-state index is 0.107. The van der Waals surface area contributed by atoms with E-state index in [1.54, 1.807) is 17.9 Å². The Morgan fingerprint density at radius 3 is 2.95 bits per heavy atom. The summed E-state index contributed by atoms with van der Waals surface area (Å²) in [5.74, 6) is -0.778. The molecule has 1 aromatic carbocycles. The highest BCUT2D eigenvalue weighted by Gasteiger charge is 2.28. The number of carbonyl (C=O) groups excluding carboxylic acids is 1. The Bertz CT molecular complexity index is 477. The van der Waals surface area contributed by atoms with E-state index in [-0.39, 0.29) is 23.6 Å². The molecule has 1 aliphatic rings. The van der Waals surface area contributed by atoms with Crippen LogP contribution < -0.4 is 5.73 Å². The summed E-state index contributed by atoms with van der Waals surface area (Å²) >= 11 is 0. The standard InChI is InChI=1S/C14H19FN2O2/c1-9-3-4-11(12(15)7-9)14(18)17-5-6-19-13(8-17)10(2)16/h3-4,7,10,13H,5-6,8,16H2,1-2H3/t10-,13-/m1/s1. The average molecular weight is 266 g/mol. The van der Waals surface area contributed by atoms with Crippen LogP contribution in [0.25, 0.3) is 0 Å². The van der Waals surface area contributed by atoms with Crippen molar-refractivity contribution in [2.24, 2.45) is 5.73 Å². The Morgan fingerprint density at radius 1 is 1.58 bits per heavy atom. The van der Waals surface area contributed by atoms with Gasteiger partial charge in [0.05, 0.1) is 18.3 Å². The summed E-state index contributed by atoms with van der Waals surface area (Å²) in [6.07, 6.45) is -0.189. The fourth-order valence-corrected chi connectivity index (χ4v) is 2.14. The maximum atomic E-state index is 13.8. The fourth-order valence-electron chi connectivity index (χ4n) is 2.14. The minimum Gasteiger partial charge on any atom is -0.373 e. The van der Waals surface area contributed by atoms with E-state index in [2.05, 4.69) is 0 Å². The number of hydrogen-bond donors (Lipinski definition) is 1. The Kier molecular flexibility index (Phi) is 4.17. The van der Waals surface area contributed by atoms with Crippen molar-refractivity contribution in [1.82, 2.24) is 4.90 Å². The monoisotopic (exact) mass is 266 g/mol. The summed E-state index contributed by atoms with van der Waals surface area (Å²) < 4.78 is 19.3. The van der Waals surface area contributed by atoms with E-state index in [1.165, 1.54) is 12.1 Å². The summed E-state index contributed by atoms with van der Waals surface area (Å²) in [7, 11) is 0. The number of aryl methyl sites for hydroxylation is 1. The molecule has 0 aliphatic carbocycles. The van der Waals surface area contributed by atoms with Crippen LogP contribution in [0.3, 0.4) is 0 Å². The zero-order valence-corrected chi connectivity index (χ0v) is 11.2. The van der Waals surface area contributed by atoms with Gasteiger partial charge < -0.3 is 15.4 Å². The first kappa shape index (κ1) is 14.0. The Balaban J connectivity index is 2.15. The molecule has 0 radical (unpaired) electrons. The van der Waals surface area contributed by atoms with Crippen molar-refractivity contribution in [3.8, 4) is 0 Å². The van der Waals surface area contributed by atoms with Crippen LogP contribution >= 0.6 is 0 Å². The molecule has 5 heteroatoms. The Labute approximate surface area is 112 Å². The number of morpholine rings is 1. The van der Waals surface area contributed by atoms with E-state index in [4.69, 9.17) is 10.5 Å². The molecule has 2 atom stereocenters. The predicted molar refractivity (Wildman–Crippen MR) is 70.4 cm³/mol. The number of halogens is 1. The lowest BCUT2D eigenvalue weighted by Gasteiger charge is -2.34. The van der Waals surface area contributed by atoms with Crippen molar-refractivity contribution in [3.63, 3.8) is 0 Å². The SMILES string of the molecule is Cc1ccc(C(=O)N2CCO[C@@H]([C@@H](C)N)C2)c(F)c1. The second kappa shape index (κ2) is 5.67. The van der Waals surface area contributed by atoms with Crippen LogP contribution in [0.4, 0.5) is 4.39 Å². The zero-order valence-electron chi connectivity index (χ0n) is 11.2. The molecular weight excluding hydrogens is 247 g/mol. The highest BCUT2D eigenvalue weighted by molar-refractivity contribution is 5.94. The number of ether oxygens (including phenoxy) is 1. The van der Waals surface area contributed by atoms with Crippen LogP contribution in [0, 0.1) is 12.7 Å².